The lowest BCUT2D eigenvalue weighted by molar-refractivity contribution is -0.121. The van der Waals surface area contributed by atoms with Crippen molar-refractivity contribution in [1.29, 1.82) is 0 Å². The molecule has 0 aliphatic rings. The second kappa shape index (κ2) is 10.8. The molecule has 0 fully saturated rings. The molecule has 1 aromatic heterocycles. The Morgan fingerprint density at radius 1 is 1.14 bits per heavy atom. The van der Waals surface area contributed by atoms with Crippen molar-refractivity contribution < 1.29 is 14.3 Å². The van der Waals surface area contributed by atoms with E-state index in [1.807, 2.05) is 36.4 Å². The molecule has 0 radical (unpaired) electrons. The number of unbranched alkanes of at least 4 members (excludes halogenated alkanes) is 1. The lowest BCUT2D eigenvalue weighted by Gasteiger charge is -2.12. The van der Waals surface area contributed by atoms with Crippen LogP contribution in [0.5, 0.6) is 11.5 Å². The van der Waals surface area contributed by atoms with Gasteiger partial charge in [-0.25, -0.2) is 4.98 Å². The number of hydrogen-bond donors (Lipinski definition) is 1. The van der Waals surface area contributed by atoms with Crippen molar-refractivity contribution in [2.75, 3.05) is 13.7 Å². The van der Waals surface area contributed by atoms with E-state index >= 15 is 0 Å². The number of benzene rings is 2. The molecule has 1 N–H and O–H groups in total. The highest BCUT2D eigenvalue weighted by molar-refractivity contribution is 7.18. The summed E-state index contributed by atoms with van der Waals surface area (Å²) in [5.74, 6) is 1.49. The second-order valence-corrected chi connectivity index (χ2v) is 8.01. The molecule has 6 heteroatoms. The first-order chi connectivity index (χ1) is 14.2. The van der Waals surface area contributed by atoms with Crippen molar-refractivity contribution in [2.45, 2.75) is 45.6 Å². The highest BCUT2D eigenvalue weighted by Gasteiger charge is 2.08. The topological polar surface area (TPSA) is 60.5 Å². The third-order valence-electron chi connectivity index (χ3n) is 4.61. The first kappa shape index (κ1) is 21.1. The third kappa shape index (κ3) is 6.19. The molecule has 2 aromatic carbocycles. The summed E-state index contributed by atoms with van der Waals surface area (Å²) in [5.41, 5.74) is 2.03. The highest BCUT2D eigenvalue weighted by Crippen LogP contribution is 2.28. The lowest BCUT2D eigenvalue weighted by Crippen LogP contribution is -2.22. The normalized spacial score (nSPS) is 10.8. The van der Waals surface area contributed by atoms with Crippen molar-refractivity contribution in [3.05, 3.63) is 53.0 Å². The van der Waals surface area contributed by atoms with E-state index in [9.17, 15) is 4.79 Å². The van der Waals surface area contributed by atoms with Gasteiger partial charge in [0.25, 0.3) is 0 Å². The summed E-state index contributed by atoms with van der Waals surface area (Å²) in [5, 5.41) is 4.07. The van der Waals surface area contributed by atoms with E-state index in [0.717, 1.165) is 47.5 Å². The van der Waals surface area contributed by atoms with E-state index < -0.39 is 0 Å². The van der Waals surface area contributed by atoms with E-state index in [2.05, 4.69) is 23.3 Å². The molecule has 29 heavy (non-hydrogen) atoms. The van der Waals surface area contributed by atoms with Crippen molar-refractivity contribution in [3.63, 3.8) is 0 Å². The van der Waals surface area contributed by atoms with Gasteiger partial charge in [0.05, 0.1) is 28.9 Å². The average molecular weight is 413 g/mol. The molecule has 1 amide bonds. The van der Waals surface area contributed by atoms with Crippen LogP contribution in [0.4, 0.5) is 0 Å². The first-order valence-corrected chi connectivity index (χ1v) is 10.9. The van der Waals surface area contributed by atoms with E-state index in [1.165, 1.54) is 4.70 Å². The summed E-state index contributed by atoms with van der Waals surface area (Å²) in [4.78, 5) is 16.8. The van der Waals surface area contributed by atoms with Gasteiger partial charge in [0.15, 0.2) is 11.5 Å². The molecule has 0 spiro atoms. The fraction of sp³-hybridized carbons (Fsp3) is 0.391. The number of ether oxygens (including phenoxy) is 2. The molecule has 3 aromatic rings. The highest BCUT2D eigenvalue weighted by atomic mass is 32.1. The molecule has 5 nitrogen and oxygen atoms in total. The van der Waals surface area contributed by atoms with E-state index in [0.29, 0.717) is 25.3 Å². The summed E-state index contributed by atoms with van der Waals surface area (Å²) in [7, 11) is 1.63. The van der Waals surface area contributed by atoms with Gasteiger partial charge in [-0.15, -0.1) is 11.3 Å². The van der Waals surface area contributed by atoms with Crippen LogP contribution in [0.2, 0.25) is 0 Å². The van der Waals surface area contributed by atoms with Crippen LogP contribution in [0.3, 0.4) is 0 Å². The molecule has 0 aliphatic heterocycles. The SMILES string of the molecule is CCCCOc1ccc(CNC(=O)CCCc2nc3ccccc3s2)cc1OC. The fourth-order valence-electron chi connectivity index (χ4n) is 2.98. The summed E-state index contributed by atoms with van der Waals surface area (Å²) in [6.45, 7) is 3.29. The van der Waals surface area contributed by atoms with E-state index in [-0.39, 0.29) is 5.91 Å². The Labute approximate surface area is 176 Å². The summed E-state index contributed by atoms with van der Waals surface area (Å²) in [6, 6.07) is 13.9. The van der Waals surface area contributed by atoms with Crippen LogP contribution in [0.25, 0.3) is 10.2 Å². The van der Waals surface area contributed by atoms with Crippen LogP contribution < -0.4 is 14.8 Å². The Morgan fingerprint density at radius 3 is 2.79 bits per heavy atom. The van der Waals surface area contributed by atoms with Gasteiger partial charge in [-0.05, 0) is 49.1 Å². The van der Waals surface area contributed by atoms with Crippen LogP contribution >= 0.6 is 11.3 Å². The number of methoxy groups -OCH3 is 1. The van der Waals surface area contributed by atoms with Gasteiger partial charge in [0.1, 0.15) is 0 Å². The lowest BCUT2D eigenvalue weighted by atomic mass is 10.2. The molecular formula is C23H28N2O3S. The maximum Gasteiger partial charge on any atom is 0.220 e. The molecule has 0 aliphatic carbocycles. The predicted octanol–water partition coefficient (Wildman–Crippen LogP) is 5.12. The number of amides is 1. The number of fused-ring (bicyclic) bond motifs is 1. The molecule has 0 unspecified atom stereocenters. The maximum absolute atomic E-state index is 12.2. The molecule has 0 bridgehead atoms. The Balaban J connectivity index is 1.43. The number of nitrogens with one attached hydrogen (secondary N) is 1. The average Bonchev–Trinajstić information content (AvgIpc) is 3.15. The minimum absolute atomic E-state index is 0.0494. The molecular weight excluding hydrogens is 384 g/mol. The smallest absolute Gasteiger partial charge is 0.220 e. The third-order valence-corrected chi connectivity index (χ3v) is 5.70. The fourth-order valence-corrected chi connectivity index (χ4v) is 3.99. The number of thiazole rings is 1. The number of hydrogen-bond acceptors (Lipinski definition) is 5. The van der Waals surface area contributed by atoms with Crippen molar-refractivity contribution in [1.82, 2.24) is 10.3 Å². The minimum Gasteiger partial charge on any atom is -0.493 e. The number of para-hydroxylation sites is 1. The number of rotatable bonds is 11. The van der Waals surface area contributed by atoms with Gasteiger partial charge in [0, 0.05) is 13.0 Å². The quantitative estimate of drug-likeness (QED) is 0.444. The van der Waals surface area contributed by atoms with Crippen LogP contribution in [0.1, 0.15) is 43.2 Å². The maximum atomic E-state index is 12.2. The van der Waals surface area contributed by atoms with Gasteiger partial charge < -0.3 is 14.8 Å². The zero-order valence-electron chi connectivity index (χ0n) is 17.1. The molecule has 0 saturated carbocycles. The van der Waals surface area contributed by atoms with Crippen LogP contribution in [-0.4, -0.2) is 24.6 Å². The number of carbonyl (C=O) groups excluding carboxylic acids is 1. The largest absolute Gasteiger partial charge is 0.493 e. The Kier molecular flexibility index (Phi) is 7.87. The second-order valence-electron chi connectivity index (χ2n) is 6.89. The number of carbonyl (C=O) groups is 1. The predicted molar refractivity (Wildman–Crippen MR) is 118 cm³/mol. The van der Waals surface area contributed by atoms with Crippen molar-refractivity contribution >= 4 is 27.5 Å². The van der Waals surface area contributed by atoms with Gasteiger partial charge in [-0.1, -0.05) is 31.5 Å². The van der Waals surface area contributed by atoms with Gasteiger partial charge in [-0.3, -0.25) is 4.79 Å². The Morgan fingerprint density at radius 2 is 2.00 bits per heavy atom. The van der Waals surface area contributed by atoms with Gasteiger partial charge in [-0.2, -0.15) is 0 Å². The van der Waals surface area contributed by atoms with Crippen molar-refractivity contribution in [3.8, 4) is 11.5 Å². The first-order valence-electron chi connectivity index (χ1n) is 10.1. The Bertz CT molecular complexity index is 906. The van der Waals surface area contributed by atoms with Gasteiger partial charge in [0.2, 0.25) is 5.91 Å². The molecule has 3 rings (SSSR count). The van der Waals surface area contributed by atoms with Gasteiger partial charge >= 0.3 is 0 Å². The zero-order valence-corrected chi connectivity index (χ0v) is 17.9. The summed E-state index contributed by atoms with van der Waals surface area (Å²) < 4.78 is 12.4. The molecule has 0 saturated heterocycles. The number of nitrogens with zero attached hydrogens (tertiary/aromatic N) is 1. The zero-order chi connectivity index (χ0) is 20.5. The standard InChI is InChI=1S/C23H28N2O3S/c1-3-4-14-28-19-13-12-17(15-20(19)27-2)16-24-22(26)10-7-11-23-25-18-8-5-6-9-21(18)29-23/h5-6,8-9,12-13,15H,3-4,7,10-11,14,16H2,1-2H3,(H,24,26). The molecule has 1 heterocycles. The van der Waals surface area contributed by atoms with Crippen LogP contribution in [-0.2, 0) is 17.8 Å². The summed E-state index contributed by atoms with van der Waals surface area (Å²) in [6.07, 6.45) is 4.21. The monoisotopic (exact) mass is 412 g/mol. The summed E-state index contributed by atoms with van der Waals surface area (Å²) >= 11 is 1.70. The van der Waals surface area contributed by atoms with Crippen molar-refractivity contribution in [2.24, 2.45) is 0 Å². The Hall–Kier alpha value is -2.60. The number of aryl methyl sites for hydroxylation is 1. The van der Waals surface area contributed by atoms with Crippen LogP contribution in [0.15, 0.2) is 42.5 Å². The van der Waals surface area contributed by atoms with Crippen LogP contribution in [0, 0.1) is 0 Å². The molecule has 0 atom stereocenters. The minimum atomic E-state index is 0.0494. The van der Waals surface area contributed by atoms with E-state index in [4.69, 9.17) is 9.47 Å². The number of aromatic nitrogens is 1. The molecule has 154 valence electrons. The van der Waals surface area contributed by atoms with E-state index in [1.54, 1.807) is 18.4 Å².